The number of aliphatic hydroxyl groups is 1. The number of imidazole rings is 1. The van der Waals surface area contributed by atoms with Crippen molar-refractivity contribution >= 4 is 11.0 Å². The number of aliphatic hydroxyl groups excluding tert-OH is 1. The summed E-state index contributed by atoms with van der Waals surface area (Å²) in [5.41, 5.74) is 3.22. The van der Waals surface area contributed by atoms with E-state index in [1.165, 1.54) is 0 Å². The summed E-state index contributed by atoms with van der Waals surface area (Å²) < 4.78 is 0. The van der Waals surface area contributed by atoms with Crippen LogP contribution in [-0.4, -0.2) is 15.1 Å². The van der Waals surface area contributed by atoms with Crippen molar-refractivity contribution in [3.63, 3.8) is 0 Å². The van der Waals surface area contributed by atoms with Crippen LogP contribution in [0.3, 0.4) is 0 Å². The minimum atomic E-state index is -0.451. The molecule has 1 atom stereocenters. The number of hydrogen-bond donors (Lipinski definition) is 3. The number of aromatic amines is 2. The number of fused-ring (bicyclic) bond motifs is 1. The minimum Gasteiger partial charge on any atom is -0.388 e. The number of H-pyrrole nitrogens is 2. The van der Waals surface area contributed by atoms with Crippen LogP contribution in [0.15, 0.2) is 16.9 Å². The molecule has 2 rings (SSSR count). The van der Waals surface area contributed by atoms with Gasteiger partial charge in [-0.25, -0.2) is 4.79 Å². The summed E-state index contributed by atoms with van der Waals surface area (Å²) in [5, 5.41) is 9.97. The highest BCUT2D eigenvalue weighted by Crippen LogP contribution is 2.24. The second-order valence-electron chi connectivity index (χ2n) is 4.14. The highest BCUT2D eigenvalue weighted by atomic mass is 16.3. The number of benzene rings is 1. The van der Waals surface area contributed by atoms with Crippen molar-refractivity contribution in [1.82, 2.24) is 9.97 Å². The maximum atomic E-state index is 11.1. The van der Waals surface area contributed by atoms with Crippen molar-refractivity contribution in [3.8, 4) is 0 Å². The van der Waals surface area contributed by atoms with Gasteiger partial charge in [-0.05, 0) is 36.6 Å². The second-order valence-corrected chi connectivity index (χ2v) is 4.14. The molecule has 1 aromatic heterocycles. The Balaban J connectivity index is 2.52. The molecule has 4 nitrogen and oxygen atoms in total. The molecule has 0 amide bonds. The fourth-order valence-corrected chi connectivity index (χ4v) is 2.00. The molecule has 0 aliphatic rings. The van der Waals surface area contributed by atoms with Crippen molar-refractivity contribution in [2.75, 3.05) is 0 Å². The van der Waals surface area contributed by atoms with Crippen molar-refractivity contribution in [1.29, 1.82) is 0 Å². The van der Waals surface area contributed by atoms with Gasteiger partial charge in [-0.1, -0.05) is 13.3 Å². The molecule has 16 heavy (non-hydrogen) atoms. The second kappa shape index (κ2) is 4.14. The van der Waals surface area contributed by atoms with Gasteiger partial charge in [-0.2, -0.15) is 0 Å². The Bertz CT molecular complexity index is 554. The fraction of sp³-hybridized carbons (Fsp3) is 0.417. The first-order valence-corrected chi connectivity index (χ1v) is 5.52. The molecule has 2 aromatic rings. The number of hydrogen-bond acceptors (Lipinski definition) is 2. The monoisotopic (exact) mass is 220 g/mol. The Morgan fingerprint density at radius 1 is 1.31 bits per heavy atom. The molecule has 0 aliphatic heterocycles. The molecule has 0 aliphatic carbocycles. The third-order valence-corrected chi connectivity index (χ3v) is 2.82. The van der Waals surface area contributed by atoms with E-state index in [1.54, 1.807) is 0 Å². The zero-order valence-electron chi connectivity index (χ0n) is 9.50. The first-order valence-electron chi connectivity index (χ1n) is 5.52. The summed E-state index contributed by atoms with van der Waals surface area (Å²) in [7, 11) is 0. The SMILES string of the molecule is CCCC(O)c1cc2[nH]c(=O)[nH]c2cc1C. The van der Waals surface area contributed by atoms with E-state index >= 15 is 0 Å². The molecule has 0 radical (unpaired) electrons. The molecule has 3 N–H and O–H groups in total. The summed E-state index contributed by atoms with van der Waals surface area (Å²) in [6, 6.07) is 3.74. The Kier molecular flexibility index (Phi) is 2.83. The summed E-state index contributed by atoms with van der Waals surface area (Å²) in [5.74, 6) is 0. The predicted molar refractivity (Wildman–Crippen MR) is 63.5 cm³/mol. The number of nitrogens with one attached hydrogen (secondary N) is 2. The first-order chi connectivity index (χ1) is 7.61. The highest BCUT2D eigenvalue weighted by molar-refractivity contribution is 5.76. The van der Waals surface area contributed by atoms with Gasteiger partial charge in [0.05, 0.1) is 17.1 Å². The lowest BCUT2D eigenvalue weighted by molar-refractivity contribution is 0.166. The average molecular weight is 220 g/mol. The average Bonchev–Trinajstić information content (AvgIpc) is 2.56. The topological polar surface area (TPSA) is 68.9 Å². The van der Waals surface area contributed by atoms with E-state index in [1.807, 2.05) is 26.0 Å². The standard InChI is InChI=1S/C12H16N2O2/c1-3-4-11(15)8-6-10-9(5-7(8)2)13-12(16)14-10/h5-6,11,15H,3-4H2,1-2H3,(H2,13,14,16). The van der Waals surface area contributed by atoms with Crippen LogP contribution < -0.4 is 5.69 Å². The van der Waals surface area contributed by atoms with Crippen LogP contribution in [0.2, 0.25) is 0 Å². The molecular weight excluding hydrogens is 204 g/mol. The summed E-state index contributed by atoms with van der Waals surface area (Å²) in [4.78, 5) is 16.5. The molecule has 1 aromatic carbocycles. The van der Waals surface area contributed by atoms with E-state index in [4.69, 9.17) is 0 Å². The molecule has 0 saturated carbocycles. The Labute approximate surface area is 93.3 Å². The summed E-state index contributed by atoms with van der Waals surface area (Å²) >= 11 is 0. The van der Waals surface area contributed by atoms with Crippen LogP contribution in [0.4, 0.5) is 0 Å². The molecule has 0 fully saturated rings. The van der Waals surface area contributed by atoms with Crippen molar-refractivity contribution < 1.29 is 5.11 Å². The lowest BCUT2D eigenvalue weighted by Gasteiger charge is -2.12. The van der Waals surface area contributed by atoms with Gasteiger partial charge < -0.3 is 15.1 Å². The number of aromatic nitrogens is 2. The summed E-state index contributed by atoms with van der Waals surface area (Å²) in [6.07, 6.45) is 1.22. The van der Waals surface area contributed by atoms with Gasteiger partial charge in [0.25, 0.3) is 0 Å². The van der Waals surface area contributed by atoms with Gasteiger partial charge in [0.15, 0.2) is 0 Å². The predicted octanol–water partition coefficient (Wildman–Crippen LogP) is 2.00. The maximum absolute atomic E-state index is 11.1. The molecule has 0 saturated heterocycles. The van der Waals surface area contributed by atoms with E-state index in [0.717, 1.165) is 35.0 Å². The normalized spacial score (nSPS) is 13.2. The zero-order chi connectivity index (χ0) is 11.7. The Hall–Kier alpha value is -1.55. The smallest absolute Gasteiger partial charge is 0.323 e. The van der Waals surface area contributed by atoms with E-state index in [9.17, 15) is 9.90 Å². The van der Waals surface area contributed by atoms with Crippen molar-refractivity contribution in [2.45, 2.75) is 32.8 Å². The van der Waals surface area contributed by atoms with E-state index in [-0.39, 0.29) is 5.69 Å². The van der Waals surface area contributed by atoms with Crippen LogP contribution in [0, 0.1) is 6.92 Å². The van der Waals surface area contributed by atoms with Gasteiger partial charge in [0, 0.05) is 0 Å². The van der Waals surface area contributed by atoms with E-state index < -0.39 is 6.10 Å². The molecule has 86 valence electrons. The lowest BCUT2D eigenvalue weighted by Crippen LogP contribution is -1.99. The molecule has 1 unspecified atom stereocenters. The van der Waals surface area contributed by atoms with Gasteiger partial charge in [-0.15, -0.1) is 0 Å². The molecule has 0 bridgehead atoms. The highest BCUT2D eigenvalue weighted by Gasteiger charge is 2.11. The van der Waals surface area contributed by atoms with Gasteiger partial charge >= 0.3 is 5.69 Å². The van der Waals surface area contributed by atoms with Crippen molar-refractivity contribution in [3.05, 3.63) is 33.7 Å². The Morgan fingerprint density at radius 3 is 2.56 bits per heavy atom. The first kappa shape index (κ1) is 11.0. The quantitative estimate of drug-likeness (QED) is 0.740. The fourth-order valence-electron chi connectivity index (χ4n) is 2.00. The van der Waals surface area contributed by atoms with E-state index in [0.29, 0.717) is 0 Å². The molecular formula is C12H16N2O2. The Morgan fingerprint density at radius 2 is 1.94 bits per heavy atom. The van der Waals surface area contributed by atoms with E-state index in [2.05, 4.69) is 9.97 Å². The van der Waals surface area contributed by atoms with Gasteiger partial charge in [-0.3, -0.25) is 0 Å². The van der Waals surface area contributed by atoms with Crippen molar-refractivity contribution in [2.24, 2.45) is 0 Å². The van der Waals surface area contributed by atoms with Crippen LogP contribution >= 0.6 is 0 Å². The summed E-state index contributed by atoms with van der Waals surface area (Å²) in [6.45, 7) is 3.98. The zero-order valence-corrected chi connectivity index (χ0v) is 9.50. The van der Waals surface area contributed by atoms with Gasteiger partial charge in [0.2, 0.25) is 0 Å². The maximum Gasteiger partial charge on any atom is 0.323 e. The third-order valence-electron chi connectivity index (χ3n) is 2.82. The van der Waals surface area contributed by atoms with Crippen LogP contribution in [0.1, 0.15) is 37.0 Å². The largest absolute Gasteiger partial charge is 0.388 e. The number of aryl methyl sites for hydroxylation is 1. The van der Waals surface area contributed by atoms with Gasteiger partial charge in [0.1, 0.15) is 0 Å². The van der Waals surface area contributed by atoms with Crippen LogP contribution in [0.25, 0.3) is 11.0 Å². The van der Waals surface area contributed by atoms with Crippen LogP contribution in [0.5, 0.6) is 0 Å². The minimum absolute atomic E-state index is 0.212. The lowest BCUT2D eigenvalue weighted by atomic mass is 9.99. The molecule has 1 heterocycles. The molecule has 0 spiro atoms. The number of rotatable bonds is 3. The molecule has 4 heteroatoms. The third kappa shape index (κ3) is 1.88. The van der Waals surface area contributed by atoms with Crippen LogP contribution in [-0.2, 0) is 0 Å².